The molecule has 1 aromatic heterocycles. The van der Waals surface area contributed by atoms with Crippen molar-refractivity contribution in [2.24, 2.45) is 0 Å². The molecule has 0 unspecified atom stereocenters. The highest BCUT2D eigenvalue weighted by molar-refractivity contribution is 5.24. The van der Waals surface area contributed by atoms with Gasteiger partial charge in [0.1, 0.15) is 0 Å². The molecule has 2 rings (SSSR count). The lowest BCUT2D eigenvalue weighted by Gasteiger charge is -2.28. The summed E-state index contributed by atoms with van der Waals surface area (Å²) in [6.07, 6.45) is 7.78. The van der Waals surface area contributed by atoms with Crippen molar-refractivity contribution < 1.29 is 13.9 Å². The summed E-state index contributed by atoms with van der Waals surface area (Å²) >= 11 is 0. The molecule has 0 saturated carbocycles. The molecule has 1 aliphatic heterocycles. The van der Waals surface area contributed by atoms with Crippen LogP contribution in [0.15, 0.2) is 47.3 Å². The van der Waals surface area contributed by atoms with Crippen LogP contribution < -0.4 is 0 Å². The van der Waals surface area contributed by atoms with Gasteiger partial charge in [0.15, 0.2) is 6.29 Å². The van der Waals surface area contributed by atoms with Crippen molar-refractivity contribution in [2.75, 3.05) is 6.61 Å². The summed E-state index contributed by atoms with van der Waals surface area (Å²) in [5, 5.41) is 0. The Labute approximate surface area is 95.4 Å². The average molecular weight is 220 g/mol. The average Bonchev–Trinajstić information content (AvgIpc) is 2.83. The van der Waals surface area contributed by atoms with Gasteiger partial charge in [0.25, 0.3) is 0 Å². The fraction of sp³-hybridized carbons (Fsp3) is 0.385. The van der Waals surface area contributed by atoms with Crippen LogP contribution in [0.5, 0.6) is 0 Å². The third-order valence-corrected chi connectivity index (χ3v) is 2.60. The lowest BCUT2D eigenvalue weighted by Crippen LogP contribution is -2.25. The number of furan rings is 1. The molecule has 0 fully saturated rings. The van der Waals surface area contributed by atoms with Crippen LogP contribution in [0.4, 0.5) is 0 Å². The lowest BCUT2D eigenvalue weighted by molar-refractivity contribution is -0.152. The second-order valence-electron chi connectivity index (χ2n) is 3.61. The molecule has 0 amide bonds. The monoisotopic (exact) mass is 220 g/mol. The smallest absolute Gasteiger partial charge is 0.184 e. The Morgan fingerprint density at radius 1 is 1.62 bits per heavy atom. The van der Waals surface area contributed by atoms with Crippen molar-refractivity contribution in [3.8, 4) is 0 Å². The Kier molecular flexibility index (Phi) is 3.59. The molecule has 3 nitrogen and oxygen atoms in total. The minimum Gasteiger partial charge on any atom is -0.472 e. The highest BCUT2D eigenvalue weighted by Gasteiger charge is 2.25. The van der Waals surface area contributed by atoms with Crippen molar-refractivity contribution >= 4 is 0 Å². The summed E-state index contributed by atoms with van der Waals surface area (Å²) in [7, 11) is 0. The molecule has 0 spiro atoms. The topological polar surface area (TPSA) is 31.6 Å². The van der Waals surface area contributed by atoms with E-state index in [1.54, 1.807) is 18.6 Å². The molecule has 0 bridgehead atoms. The zero-order valence-corrected chi connectivity index (χ0v) is 9.39. The molecule has 0 aliphatic carbocycles. The van der Waals surface area contributed by atoms with E-state index in [-0.39, 0.29) is 12.4 Å². The van der Waals surface area contributed by atoms with Gasteiger partial charge in [0, 0.05) is 17.7 Å². The minimum atomic E-state index is -0.309. The van der Waals surface area contributed by atoms with Crippen LogP contribution in [0.1, 0.15) is 25.0 Å². The largest absolute Gasteiger partial charge is 0.472 e. The third kappa shape index (κ3) is 2.26. The van der Waals surface area contributed by atoms with E-state index in [9.17, 15) is 0 Å². The van der Waals surface area contributed by atoms with Crippen LogP contribution in [0.3, 0.4) is 0 Å². The third-order valence-electron chi connectivity index (χ3n) is 2.60. The quantitative estimate of drug-likeness (QED) is 0.780. The fourth-order valence-corrected chi connectivity index (χ4v) is 1.76. The summed E-state index contributed by atoms with van der Waals surface area (Å²) in [6, 6.07) is 1.92. The first-order chi connectivity index (χ1) is 7.85. The predicted octanol–water partition coefficient (Wildman–Crippen LogP) is 3.22. The molecule has 2 heterocycles. The summed E-state index contributed by atoms with van der Waals surface area (Å²) < 4.78 is 16.4. The molecule has 1 aliphatic rings. The molecule has 0 radical (unpaired) electrons. The van der Waals surface area contributed by atoms with Gasteiger partial charge >= 0.3 is 0 Å². The molecule has 1 aromatic rings. The molecular weight excluding hydrogens is 204 g/mol. The molecule has 3 heteroatoms. The Morgan fingerprint density at radius 3 is 3.12 bits per heavy atom. The second-order valence-corrected chi connectivity index (χ2v) is 3.61. The van der Waals surface area contributed by atoms with Gasteiger partial charge in [-0.25, -0.2) is 0 Å². The summed E-state index contributed by atoms with van der Waals surface area (Å²) in [4.78, 5) is 0. The van der Waals surface area contributed by atoms with Gasteiger partial charge in [0.2, 0.25) is 0 Å². The highest BCUT2D eigenvalue weighted by atomic mass is 16.7. The molecule has 0 saturated heterocycles. The van der Waals surface area contributed by atoms with Gasteiger partial charge in [0.05, 0.1) is 18.6 Å². The molecule has 0 aromatic carbocycles. The first-order valence-corrected chi connectivity index (χ1v) is 5.46. The van der Waals surface area contributed by atoms with Gasteiger partial charge in [-0.05, 0) is 19.4 Å². The SMILES string of the molecule is C=CC1=CC[C@@H](c2ccoc2)O[C@@H]1OCC. The number of hydrogen-bond acceptors (Lipinski definition) is 3. The fourth-order valence-electron chi connectivity index (χ4n) is 1.76. The van der Waals surface area contributed by atoms with Crippen molar-refractivity contribution in [1.29, 1.82) is 0 Å². The Bertz CT molecular complexity index is 365. The zero-order valence-electron chi connectivity index (χ0n) is 9.39. The maximum atomic E-state index is 5.85. The summed E-state index contributed by atoms with van der Waals surface area (Å²) in [6.45, 7) is 6.33. The predicted molar refractivity (Wildman–Crippen MR) is 60.8 cm³/mol. The van der Waals surface area contributed by atoms with Crippen LogP contribution in [-0.2, 0) is 9.47 Å². The Hall–Kier alpha value is -1.32. The van der Waals surface area contributed by atoms with E-state index >= 15 is 0 Å². The van der Waals surface area contributed by atoms with E-state index in [0.717, 1.165) is 17.6 Å². The van der Waals surface area contributed by atoms with E-state index in [0.29, 0.717) is 6.61 Å². The van der Waals surface area contributed by atoms with Crippen molar-refractivity contribution in [1.82, 2.24) is 0 Å². The number of rotatable bonds is 4. The first-order valence-electron chi connectivity index (χ1n) is 5.46. The van der Waals surface area contributed by atoms with Crippen LogP contribution in [-0.4, -0.2) is 12.9 Å². The lowest BCUT2D eigenvalue weighted by atomic mass is 10.0. The van der Waals surface area contributed by atoms with Crippen molar-refractivity contribution in [3.63, 3.8) is 0 Å². The Balaban J connectivity index is 2.12. The van der Waals surface area contributed by atoms with E-state index in [4.69, 9.17) is 13.9 Å². The minimum absolute atomic E-state index is 0.0130. The number of hydrogen-bond donors (Lipinski definition) is 0. The Morgan fingerprint density at radius 2 is 2.50 bits per heavy atom. The van der Waals surface area contributed by atoms with Gasteiger partial charge in [-0.1, -0.05) is 18.7 Å². The van der Waals surface area contributed by atoms with Crippen molar-refractivity contribution in [3.05, 3.63) is 48.5 Å². The summed E-state index contributed by atoms with van der Waals surface area (Å²) in [5.41, 5.74) is 2.05. The molecule has 16 heavy (non-hydrogen) atoms. The summed E-state index contributed by atoms with van der Waals surface area (Å²) in [5.74, 6) is 0. The zero-order chi connectivity index (χ0) is 11.4. The molecule has 2 atom stereocenters. The van der Waals surface area contributed by atoms with E-state index in [1.165, 1.54) is 0 Å². The normalized spacial score (nSPS) is 25.2. The van der Waals surface area contributed by atoms with Gasteiger partial charge < -0.3 is 13.9 Å². The molecule has 86 valence electrons. The number of ether oxygens (including phenoxy) is 2. The highest BCUT2D eigenvalue weighted by Crippen LogP contribution is 2.31. The second kappa shape index (κ2) is 5.14. The van der Waals surface area contributed by atoms with E-state index < -0.39 is 0 Å². The van der Waals surface area contributed by atoms with Gasteiger partial charge in [-0.15, -0.1) is 0 Å². The van der Waals surface area contributed by atoms with Crippen molar-refractivity contribution in [2.45, 2.75) is 25.7 Å². The van der Waals surface area contributed by atoms with E-state index in [1.807, 2.05) is 13.0 Å². The van der Waals surface area contributed by atoms with E-state index in [2.05, 4.69) is 12.7 Å². The standard InChI is InChI=1S/C13H16O3/c1-3-10-5-6-12(11-7-8-14-9-11)16-13(10)15-4-2/h3,5,7-9,12-13H,1,4,6H2,2H3/t12-,13-/m0/s1. The van der Waals surface area contributed by atoms with Crippen LogP contribution in [0.25, 0.3) is 0 Å². The van der Waals surface area contributed by atoms with Crippen LogP contribution in [0, 0.1) is 0 Å². The van der Waals surface area contributed by atoms with Crippen LogP contribution in [0.2, 0.25) is 0 Å². The maximum absolute atomic E-state index is 5.85. The molecular formula is C13H16O3. The molecule has 0 N–H and O–H groups in total. The first kappa shape index (κ1) is 11.2. The van der Waals surface area contributed by atoms with Gasteiger partial charge in [-0.3, -0.25) is 0 Å². The van der Waals surface area contributed by atoms with Crippen LogP contribution >= 0.6 is 0 Å². The maximum Gasteiger partial charge on any atom is 0.184 e. The van der Waals surface area contributed by atoms with Gasteiger partial charge in [-0.2, -0.15) is 0 Å².